The average molecular weight is 437 g/mol. The normalized spacial score (nSPS) is 13.1. The van der Waals surface area contributed by atoms with Crippen molar-refractivity contribution in [1.29, 1.82) is 0 Å². The zero-order valence-electron chi connectivity index (χ0n) is 17.5. The van der Waals surface area contributed by atoms with E-state index in [1.165, 1.54) is 12.1 Å². The van der Waals surface area contributed by atoms with Crippen molar-refractivity contribution in [2.75, 3.05) is 13.7 Å². The maximum absolute atomic E-state index is 13.3. The summed E-state index contributed by atoms with van der Waals surface area (Å²) in [6, 6.07) is 9.65. The third-order valence-corrected chi connectivity index (χ3v) is 5.25. The van der Waals surface area contributed by atoms with Crippen LogP contribution < -0.4 is 9.47 Å². The summed E-state index contributed by atoms with van der Waals surface area (Å²) < 4.78 is 37.4. The van der Waals surface area contributed by atoms with Crippen molar-refractivity contribution in [3.05, 3.63) is 59.4 Å². The van der Waals surface area contributed by atoms with Crippen LogP contribution in [0, 0.1) is 12.7 Å². The van der Waals surface area contributed by atoms with E-state index in [1.807, 2.05) is 10.6 Å². The van der Waals surface area contributed by atoms with Crippen molar-refractivity contribution in [1.82, 2.24) is 24.9 Å². The van der Waals surface area contributed by atoms with Crippen LogP contribution >= 0.6 is 0 Å². The summed E-state index contributed by atoms with van der Waals surface area (Å²) in [6.07, 6.45) is 0. The van der Waals surface area contributed by atoms with Crippen LogP contribution in [0.15, 0.2) is 40.9 Å². The van der Waals surface area contributed by atoms with Gasteiger partial charge in [0.2, 0.25) is 11.8 Å². The molecular weight excluding hydrogens is 417 g/mol. The number of hydrogen-bond acceptors (Lipinski definition) is 8. The highest BCUT2D eigenvalue weighted by Gasteiger charge is 2.22. The molecule has 1 aliphatic heterocycles. The zero-order chi connectivity index (χ0) is 22.1. The maximum atomic E-state index is 13.3. The van der Waals surface area contributed by atoms with Gasteiger partial charge in [0.15, 0.2) is 11.6 Å². The number of pyridine rings is 1. The van der Waals surface area contributed by atoms with Crippen molar-refractivity contribution in [2.24, 2.45) is 0 Å². The molecule has 0 N–H and O–H groups in total. The molecule has 1 aliphatic rings. The topological polar surface area (TPSA) is 97.3 Å². The van der Waals surface area contributed by atoms with Crippen LogP contribution in [-0.4, -0.2) is 38.6 Å². The lowest BCUT2D eigenvalue weighted by atomic mass is 10.1. The first-order valence-electron chi connectivity index (χ1n) is 10.0. The molecule has 0 radical (unpaired) electrons. The third kappa shape index (κ3) is 3.69. The molecule has 0 bridgehead atoms. The molecule has 0 saturated heterocycles. The molecule has 0 fully saturated rings. The lowest BCUT2D eigenvalue weighted by molar-refractivity contribution is 0.0820. The Labute approximate surface area is 182 Å². The summed E-state index contributed by atoms with van der Waals surface area (Å²) in [6.45, 7) is 3.67. The number of methoxy groups -OCH3 is 1. The Hall–Kier alpha value is -3.79. The quantitative estimate of drug-likeness (QED) is 0.452. The Kier molecular flexibility index (Phi) is 5.28. The lowest BCUT2D eigenvalue weighted by Gasteiger charge is -2.16. The SMILES string of the molecule is COc1nc(OCc2c(-c3ccc(F)cc3)noc2C)ccc1-c1nnc2n1CCOC2. The monoisotopic (exact) mass is 437 g/mol. The fraction of sp³-hybridized carbons (Fsp3) is 0.273. The van der Waals surface area contributed by atoms with Crippen LogP contribution in [0.1, 0.15) is 17.1 Å². The van der Waals surface area contributed by atoms with Crippen molar-refractivity contribution >= 4 is 0 Å². The van der Waals surface area contributed by atoms with Crippen molar-refractivity contribution in [2.45, 2.75) is 26.7 Å². The molecule has 0 saturated carbocycles. The van der Waals surface area contributed by atoms with Gasteiger partial charge in [0.25, 0.3) is 0 Å². The fourth-order valence-electron chi connectivity index (χ4n) is 3.57. The minimum absolute atomic E-state index is 0.176. The molecule has 0 amide bonds. The van der Waals surface area contributed by atoms with E-state index in [-0.39, 0.29) is 12.4 Å². The van der Waals surface area contributed by atoms with E-state index in [0.717, 1.165) is 17.0 Å². The molecule has 4 aromatic rings. The van der Waals surface area contributed by atoms with Crippen LogP contribution in [0.3, 0.4) is 0 Å². The Morgan fingerprint density at radius 1 is 1.12 bits per heavy atom. The summed E-state index contributed by atoms with van der Waals surface area (Å²) in [5, 5.41) is 12.6. The number of rotatable bonds is 6. The van der Waals surface area contributed by atoms with Gasteiger partial charge in [-0.1, -0.05) is 5.16 Å². The first-order valence-corrected chi connectivity index (χ1v) is 10.0. The van der Waals surface area contributed by atoms with Gasteiger partial charge in [-0.05, 0) is 37.3 Å². The largest absolute Gasteiger partial charge is 0.480 e. The van der Waals surface area contributed by atoms with Crippen LogP contribution in [0.25, 0.3) is 22.6 Å². The molecule has 5 rings (SSSR count). The van der Waals surface area contributed by atoms with Gasteiger partial charge in [-0.2, -0.15) is 4.98 Å². The molecule has 0 atom stereocenters. The number of hydrogen-bond donors (Lipinski definition) is 0. The van der Waals surface area contributed by atoms with Crippen LogP contribution in [0.2, 0.25) is 0 Å². The van der Waals surface area contributed by atoms with Gasteiger partial charge in [-0.25, -0.2) is 4.39 Å². The lowest BCUT2D eigenvalue weighted by Crippen LogP contribution is -2.17. The third-order valence-electron chi connectivity index (χ3n) is 5.25. The molecule has 4 heterocycles. The minimum atomic E-state index is -0.315. The maximum Gasteiger partial charge on any atom is 0.227 e. The van der Waals surface area contributed by atoms with Gasteiger partial charge in [0.1, 0.15) is 30.5 Å². The van der Waals surface area contributed by atoms with Gasteiger partial charge in [0.05, 0.1) is 24.8 Å². The number of nitrogens with zero attached hydrogens (tertiary/aromatic N) is 5. The van der Waals surface area contributed by atoms with Crippen molar-refractivity contribution < 1.29 is 23.1 Å². The molecule has 164 valence electrons. The first kappa shape index (κ1) is 20.1. The van der Waals surface area contributed by atoms with Gasteiger partial charge < -0.3 is 23.3 Å². The second-order valence-corrected chi connectivity index (χ2v) is 7.21. The number of aromatic nitrogens is 5. The highest BCUT2D eigenvalue weighted by molar-refractivity contribution is 5.64. The predicted octanol–water partition coefficient (Wildman–Crippen LogP) is 3.56. The molecule has 0 unspecified atom stereocenters. The predicted molar refractivity (Wildman–Crippen MR) is 110 cm³/mol. The number of halogens is 1. The standard InChI is InChI=1S/C22H20FN5O4/c1-13-17(20(27-32-13)14-3-5-15(23)6-4-14)11-31-19-8-7-16(22(24-19)29-2)21-26-25-18-12-30-10-9-28(18)21/h3-8H,9-12H2,1-2H3. The first-order chi connectivity index (χ1) is 15.6. The molecule has 1 aromatic carbocycles. The molecule has 9 nitrogen and oxygen atoms in total. The van der Waals surface area contributed by atoms with Crippen LogP contribution in [-0.2, 0) is 24.5 Å². The molecule has 3 aromatic heterocycles. The second kappa shape index (κ2) is 8.39. The second-order valence-electron chi connectivity index (χ2n) is 7.21. The van der Waals surface area contributed by atoms with Gasteiger partial charge >= 0.3 is 0 Å². The Morgan fingerprint density at radius 3 is 2.78 bits per heavy atom. The van der Waals surface area contributed by atoms with E-state index < -0.39 is 0 Å². The number of fused-ring (bicyclic) bond motifs is 1. The zero-order valence-corrected chi connectivity index (χ0v) is 17.5. The summed E-state index contributed by atoms with van der Waals surface area (Å²) >= 11 is 0. The minimum Gasteiger partial charge on any atom is -0.480 e. The van der Waals surface area contributed by atoms with E-state index in [0.29, 0.717) is 54.4 Å². The van der Waals surface area contributed by atoms with Crippen molar-refractivity contribution in [3.63, 3.8) is 0 Å². The number of benzene rings is 1. The Bertz CT molecular complexity index is 1250. The van der Waals surface area contributed by atoms with Gasteiger partial charge in [-0.3, -0.25) is 0 Å². The smallest absolute Gasteiger partial charge is 0.227 e. The van der Waals surface area contributed by atoms with E-state index in [9.17, 15) is 4.39 Å². The molecule has 0 spiro atoms. The average Bonchev–Trinajstić information content (AvgIpc) is 3.41. The van der Waals surface area contributed by atoms with E-state index in [1.54, 1.807) is 32.2 Å². The summed E-state index contributed by atoms with van der Waals surface area (Å²) in [7, 11) is 1.54. The van der Waals surface area contributed by atoms with Gasteiger partial charge in [-0.15, -0.1) is 10.2 Å². The molecule has 10 heteroatoms. The summed E-state index contributed by atoms with van der Waals surface area (Å²) in [5.74, 6) is 2.50. The van der Waals surface area contributed by atoms with Gasteiger partial charge in [0, 0.05) is 18.2 Å². The molecule has 0 aliphatic carbocycles. The number of ether oxygens (including phenoxy) is 3. The van der Waals surface area contributed by atoms with Crippen molar-refractivity contribution in [3.8, 4) is 34.4 Å². The van der Waals surface area contributed by atoms with E-state index in [2.05, 4.69) is 20.3 Å². The highest BCUT2D eigenvalue weighted by atomic mass is 19.1. The van der Waals surface area contributed by atoms with Crippen LogP contribution in [0.5, 0.6) is 11.8 Å². The van der Waals surface area contributed by atoms with Crippen LogP contribution in [0.4, 0.5) is 4.39 Å². The summed E-state index contributed by atoms with van der Waals surface area (Å²) in [4.78, 5) is 4.48. The number of aryl methyl sites for hydroxylation is 1. The Balaban J connectivity index is 1.39. The highest BCUT2D eigenvalue weighted by Crippen LogP contribution is 2.31. The molecule has 32 heavy (non-hydrogen) atoms. The Morgan fingerprint density at radius 2 is 1.97 bits per heavy atom. The summed E-state index contributed by atoms with van der Waals surface area (Å²) in [5.41, 5.74) is 2.81. The van der Waals surface area contributed by atoms with E-state index >= 15 is 0 Å². The molecular formula is C22H20FN5O4. The van der Waals surface area contributed by atoms with E-state index in [4.69, 9.17) is 18.7 Å². The fourth-order valence-corrected chi connectivity index (χ4v) is 3.57.